The van der Waals surface area contributed by atoms with Gasteiger partial charge in [-0.1, -0.05) is 19.9 Å². The van der Waals surface area contributed by atoms with E-state index >= 15 is 0 Å². The Morgan fingerprint density at radius 3 is 2.61 bits per heavy atom. The normalized spacial score (nSPS) is 13.5. The largest absolute Gasteiger partial charge is 0.363 e. The van der Waals surface area contributed by atoms with Gasteiger partial charge in [0, 0.05) is 18.6 Å². The number of sulfonamides is 1. The Morgan fingerprint density at radius 2 is 2.04 bits per heavy atom. The van der Waals surface area contributed by atoms with Crippen LogP contribution < -0.4 is 10.5 Å². The Labute approximate surface area is 136 Å². The van der Waals surface area contributed by atoms with Crippen molar-refractivity contribution < 1.29 is 8.42 Å². The molecule has 2 heterocycles. The van der Waals surface area contributed by atoms with Gasteiger partial charge in [-0.25, -0.2) is 23.5 Å². The standard InChI is InChI=1S/C15H21N5O2S/c1-15(2,6-9-23(16,21)22)14(12-4-3-7-17-10-12)20-13-5-8-18-11-19-13/h3-5,7-8,10-11,14H,6,9H2,1-2H3,(H2,16,21,22)(H,18,19,20). The molecule has 2 aromatic heterocycles. The summed E-state index contributed by atoms with van der Waals surface area (Å²) in [5.74, 6) is 0.583. The lowest BCUT2D eigenvalue weighted by Gasteiger charge is -2.35. The van der Waals surface area contributed by atoms with Crippen LogP contribution in [0.1, 0.15) is 31.9 Å². The highest BCUT2D eigenvalue weighted by atomic mass is 32.2. The van der Waals surface area contributed by atoms with Crippen molar-refractivity contribution in [2.45, 2.75) is 26.3 Å². The summed E-state index contributed by atoms with van der Waals surface area (Å²) in [6, 6.07) is 5.39. The van der Waals surface area contributed by atoms with Crippen LogP contribution >= 0.6 is 0 Å². The van der Waals surface area contributed by atoms with Crippen molar-refractivity contribution in [3.05, 3.63) is 48.7 Å². The van der Waals surface area contributed by atoms with Gasteiger partial charge in [-0.05, 0) is 29.5 Å². The van der Waals surface area contributed by atoms with Crippen LogP contribution in [0, 0.1) is 5.41 Å². The molecule has 2 aromatic rings. The molecule has 3 N–H and O–H groups in total. The average molecular weight is 335 g/mol. The van der Waals surface area contributed by atoms with E-state index in [2.05, 4.69) is 20.3 Å². The van der Waals surface area contributed by atoms with Crippen LogP contribution in [0.2, 0.25) is 0 Å². The number of rotatable bonds is 7. The van der Waals surface area contributed by atoms with Gasteiger partial charge in [-0.15, -0.1) is 0 Å². The van der Waals surface area contributed by atoms with Gasteiger partial charge >= 0.3 is 0 Å². The Balaban J connectivity index is 2.29. The van der Waals surface area contributed by atoms with Crippen LogP contribution in [0.4, 0.5) is 5.82 Å². The molecular formula is C15H21N5O2S. The molecule has 1 atom stereocenters. The molecule has 0 bridgehead atoms. The summed E-state index contributed by atoms with van der Waals surface area (Å²) in [5.41, 5.74) is 0.561. The fraction of sp³-hybridized carbons (Fsp3) is 0.400. The quantitative estimate of drug-likeness (QED) is 0.797. The molecule has 2 rings (SSSR count). The van der Waals surface area contributed by atoms with E-state index in [4.69, 9.17) is 5.14 Å². The minimum Gasteiger partial charge on any atom is -0.363 e. The lowest BCUT2D eigenvalue weighted by atomic mass is 9.78. The van der Waals surface area contributed by atoms with Crippen LogP contribution in [-0.4, -0.2) is 29.1 Å². The minimum atomic E-state index is -3.51. The Bertz CT molecular complexity index is 720. The predicted molar refractivity (Wildman–Crippen MR) is 89.0 cm³/mol. The first kappa shape index (κ1) is 17.3. The summed E-state index contributed by atoms with van der Waals surface area (Å²) in [4.78, 5) is 12.2. The molecule has 0 aromatic carbocycles. The third-order valence-electron chi connectivity index (χ3n) is 3.70. The Hall–Kier alpha value is -2.06. The molecule has 0 saturated carbocycles. The summed E-state index contributed by atoms with van der Waals surface area (Å²) >= 11 is 0. The molecule has 0 radical (unpaired) electrons. The lowest BCUT2D eigenvalue weighted by molar-refractivity contribution is 0.295. The van der Waals surface area contributed by atoms with Gasteiger partial charge in [-0.2, -0.15) is 0 Å². The molecule has 0 aliphatic rings. The number of anilines is 1. The highest BCUT2D eigenvalue weighted by Gasteiger charge is 2.32. The van der Waals surface area contributed by atoms with E-state index in [0.717, 1.165) is 5.56 Å². The first-order chi connectivity index (χ1) is 10.8. The van der Waals surface area contributed by atoms with E-state index in [-0.39, 0.29) is 17.2 Å². The fourth-order valence-electron chi connectivity index (χ4n) is 2.35. The second-order valence-electron chi connectivity index (χ2n) is 6.06. The van der Waals surface area contributed by atoms with Crippen LogP contribution in [-0.2, 0) is 10.0 Å². The predicted octanol–water partition coefficient (Wildman–Crippen LogP) is 1.73. The number of primary sulfonamides is 1. The maximum Gasteiger partial charge on any atom is 0.209 e. The summed E-state index contributed by atoms with van der Waals surface area (Å²) in [5, 5.41) is 8.50. The topological polar surface area (TPSA) is 111 Å². The number of nitrogens with two attached hydrogens (primary N) is 1. The van der Waals surface area contributed by atoms with Crippen molar-refractivity contribution in [2.75, 3.05) is 11.1 Å². The molecule has 8 heteroatoms. The zero-order chi connectivity index (χ0) is 16.9. The highest BCUT2D eigenvalue weighted by Crippen LogP contribution is 2.38. The SMILES string of the molecule is CC(C)(CCS(N)(=O)=O)C(Nc1ccncn1)c1cccnc1. The summed E-state index contributed by atoms with van der Waals surface area (Å²) < 4.78 is 22.6. The highest BCUT2D eigenvalue weighted by molar-refractivity contribution is 7.89. The number of hydrogen-bond donors (Lipinski definition) is 2. The summed E-state index contributed by atoms with van der Waals surface area (Å²) in [6.07, 6.45) is 6.97. The van der Waals surface area contributed by atoms with Gasteiger partial charge in [-0.3, -0.25) is 4.98 Å². The molecule has 124 valence electrons. The Kier molecular flexibility index (Phi) is 5.27. The fourth-order valence-corrected chi connectivity index (χ4v) is 3.16. The van der Waals surface area contributed by atoms with Gasteiger partial charge in [0.25, 0.3) is 0 Å². The number of nitrogens with zero attached hydrogens (tertiary/aromatic N) is 3. The van der Waals surface area contributed by atoms with Crippen molar-refractivity contribution in [1.82, 2.24) is 15.0 Å². The lowest BCUT2D eigenvalue weighted by Crippen LogP contribution is -2.32. The first-order valence-corrected chi connectivity index (χ1v) is 8.92. The van der Waals surface area contributed by atoms with E-state index in [1.807, 2.05) is 26.0 Å². The maximum atomic E-state index is 11.3. The van der Waals surface area contributed by atoms with E-state index in [9.17, 15) is 8.42 Å². The van der Waals surface area contributed by atoms with E-state index in [1.54, 1.807) is 24.7 Å². The molecule has 23 heavy (non-hydrogen) atoms. The van der Waals surface area contributed by atoms with Crippen LogP contribution in [0.5, 0.6) is 0 Å². The van der Waals surface area contributed by atoms with E-state index < -0.39 is 10.0 Å². The molecule has 0 aliphatic carbocycles. The molecule has 1 unspecified atom stereocenters. The van der Waals surface area contributed by atoms with Crippen molar-refractivity contribution in [3.8, 4) is 0 Å². The second-order valence-corrected chi connectivity index (χ2v) is 7.80. The molecule has 0 aliphatic heterocycles. The monoisotopic (exact) mass is 335 g/mol. The summed E-state index contributed by atoms with van der Waals surface area (Å²) in [6.45, 7) is 3.98. The molecule has 0 spiro atoms. The Morgan fingerprint density at radius 1 is 1.26 bits per heavy atom. The van der Waals surface area contributed by atoms with Crippen LogP contribution in [0.25, 0.3) is 0 Å². The van der Waals surface area contributed by atoms with Crippen molar-refractivity contribution in [1.29, 1.82) is 0 Å². The van der Waals surface area contributed by atoms with E-state index in [1.165, 1.54) is 6.33 Å². The third kappa shape index (κ3) is 5.26. The average Bonchev–Trinajstić information content (AvgIpc) is 2.52. The number of pyridine rings is 1. The molecule has 0 fully saturated rings. The van der Waals surface area contributed by atoms with Crippen molar-refractivity contribution in [3.63, 3.8) is 0 Å². The smallest absolute Gasteiger partial charge is 0.209 e. The van der Waals surface area contributed by atoms with Gasteiger partial charge in [0.15, 0.2) is 0 Å². The minimum absolute atomic E-state index is 0.0811. The maximum absolute atomic E-state index is 11.3. The van der Waals surface area contributed by atoms with Crippen molar-refractivity contribution >= 4 is 15.8 Å². The number of hydrogen-bond acceptors (Lipinski definition) is 6. The van der Waals surface area contributed by atoms with Crippen LogP contribution in [0.15, 0.2) is 43.1 Å². The van der Waals surface area contributed by atoms with E-state index in [0.29, 0.717) is 12.2 Å². The van der Waals surface area contributed by atoms with Gasteiger partial charge in [0.05, 0.1) is 11.8 Å². The number of aromatic nitrogens is 3. The molecular weight excluding hydrogens is 314 g/mol. The van der Waals surface area contributed by atoms with Gasteiger partial charge in [0.2, 0.25) is 10.0 Å². The molecule has 0 saturated heterocycles. The van der Waals surface area contributed by atoms with Crippen LogP contribution in [0.3, 0.4) is 0 Å². The second kappa shape index (κ2) is 7.01. The molecule has 7 nitrogen and oxygen atoms in total. The molecule has 0 amide bonds. The zero-order valence-corrected chi connectivity index (χ0v) is 14.0. The van der Waals surface area contributed by atoms with Crippen molar-refractivity contribution in [2.24, 2.45) is 10.6 Å². The zero-order valence-electron chi connectivity index (χ0n) is 13.2. The number of nitrogens with one attached hydrogen (secondary N) is 1. The first-order valence-electron chi connectivity index (χ1n) is 7.21. The third-order valence-corrected chi connectivity index (χ3v) is 4.48. The van der Waals surface area contributed by atoms with Gasteiger partial charge < -0.3 is 5.32 Å². The van der Waals surface area contributed by atoms with Gasteiger partial charge in [0.1, 0.15) is 12.1 Å². The summed E-state index contributed by atoms with van der Waals surface area (Å²) in [7, 11) is -3.51.